The zero-order valence-corrected chi connectivity index (χ0v) is 51.7. The van der Waals surface area contributed by atoms with Crippen LogP contribution < -0.4 is 43.8 Å². The number of aliphatic carboxylic acids is 1. The maximum absolute atomic E-state index is 15.3. The van der Waals surface area contributed by atoms with Gasteiger partial charge in [0.2, 0.25) is 35.4 Å². The molecular weight excluding hydrogens is 1160 g/mol. The highest BCUT2D eigenvalue weighted by Crippen LogP contribution is 2.31. The van der Waals surface area contributed by atoms with Crippen molar-refractivity contribution in [1.82, 2.24) is 29.6 Å². The van der Waals surface area contributed by atoms with Gasteiger partial charge >= 0.3 is 16.3 Å². The molecule has 0 aliphatic carbocycles. The number of unbranched alkanes of at least 4 members (excludes halogenated alkanes) is 1. The Balaban J connectivity index is 1.41. The van der Waals surface area contributed by atoms with Crippen LogP contribution in [0.4, 0.5) is 5.69 Å². The molecule has 6 rings (SSSR count). The lowest BCUT2D eigenvalue weighted by Gasteiger charge is -2.36. The second-order valence-electron chi connectivity index (χ2n) is 21.2. The standard InChI is InChI=1S/C63H80N8O16S/c1-42(2)85-33-32-67-38-59(74)70(45(5)46-21-25-50(82-6)26-22-46)41-61(76)69(44(4)47-23-27-52(28-24-47)87-88(80,81)65-30-15-14-19-55(64)63(78)79)37-57(72)66-43(3)62(77)68(31-29-48-16-12-13-20-56(48)86-51-17-10-9-11-18-51)39-60(75)71(40-58(67)73)49-34-53(83-7)36-54(35-49)84-8/h9-13,16-18,20-28,34-36,42-45,55,65H,14-15,19,29-33,37-41,64H2,1-8H3,(H,66,72)(H,78,79)/t43-,44+,45+,55+/m1/s1. The van der Waals surface area contributed by atoms with Crippen LogP contribution in [0, 0.1) is 0 Å². The van der Waals surface area contributed by atoms with Crippen LogP contribution in [0.25, 0.3) is 0 Å². The third-order valence-electron chi connectivity index (χ3n) is 14.6. The number of nitrogens with zero attached hydrogens (tertiary/aromatic N) is 5. The Morgan fingerprint density at radius 1 is 0.648 bits per heavy atom. The number of rotatable bonds is 26. The molecule has 88 heavy (non-hydrogen) atoms. The predicted octanol–water partition coefficient (Wildman–Crippen LogP) is 5.66. The molecule has 0 aromatic heterocycles. The predicted molar refractivity (Wildman–Crippen MR) is 327 cm³/mol. The van der Waals surface area contributed by atoms with E-state index in [4.69, 9.17) is 38.7 Å². The fraction of sp³-hybridized carbons (Fsp3) is 0.413. The second kappa shape index (κ2) is 32.8. The van der Waals surface area contributed by atoms with E-state index in [-0.39, 0.29) is 74.5 Å². The summed E-state index contributed by atoms with van der Waals surface area (Å²) in [6.07, 6.45) is 0.647. The van der Waals surface area contributed by atoms with Gasteiger partial charge in [-0.15, -0.1) is 0 Å². The molecule has 474 valence electrons. The largest absolute Gasteiger partial charge is 0.497 e. The Hall–Kier alpha value is -8.78. The van der Waals surface area contributed by atoms with Crippen LogP contribution in [-0.4, -0.2) is 173 Å². The van der Waals surface area contributed by atoms with E-state index in [0.717, 1.165) is 0 Å². The number of ether oxygens (including phenoxy) is 5. The fourth-order valence-corrected chi connectivity index (χ4v) is 10.4. The van der Waals surface area contributed by atoms with Gasteiger partial charge in [0.1, 0.15) is 72.8 Å². The zero-order valence-electron chi connectivity index (χ0n) is 50.9. The number of benzene rings is 5. The molecule has 0 saturated carbocycles. The lowest BCUT2D eigenvalue weighted by atomic mass is 10.0. The molecule has 5 aromatic carbocycles. The first-order chi connectivity index (χ1) is 42.0. The molecule has 5 aromatic rings. The lowest BCUT2D eigenvalue weighted by Crippen LogP contribution is -2.55. The number of methoxy groups -OCH3 is 3. The van der Waals surface area contributed by atoms with Gasteiger partial charge in [0.25, 0.3) is 0 Å². The molecule has 1 aliphatic heterocycles. The Kier molecular flexibility index (Phi) is 25.5. The van der Waals surface area contributed by atoms with Crippen molar-refractivity contribution in [2.45, 2.75) is 90.6 Å². The van der Waals surface area contributed by atoms with E-state index >= 15 is 24.0 Å². The summed E-state index contributed by atoms with van der Waals surface area (Å²) in [7, 11) is -0.00154. The summed E-state index contributed by atoms with van der Waals surface area (Å²) in [5, 5.41) is 11.8. The molecule has 1 fully saturated rings. The third kappa shape index (κ3) is 20.1. The summed E-state index contributed by atoms with van der Waals surface area (Å²) in [5.74, 6) is -3.44. The summed E-state index contributed by atoms with van der Waals surface area (Å²) < 4.78 is 62.2. The van der Waals surface area contributed by atoms with Crippen molar-refractivity contribution in [1.29, 1.82) is 0 Å². The Labute approximate surface area is 514 Å². The van der Waals surface area contributed by atoms with Crippen LogP contribution in [0.1, 0.15) is 82.7 Å². The summed E-state index contributed by atoms with van der Waals surface area (Å²) in [6.45, 7) is 4.85. The average molecular weight is 1240 g/mol. The van der Waals surface area contributed by atoms with Crippen molar-refractivity contribution in [3.8, 4) is 34.5 Å². The fourth-order valence-electron chi connectivity index (χ4n) is 9.55. The first kappa shape index (κ1) is 68.3. The molecule has 0 radical (unpaired) electrons. The number of nitrogens with two attached hydrogens (primary N) is 1. The van der Waals surface area contributed by atoms with Crippen LogP contribution in [0.15, 0.2) is 121 Å². The van der Waals surface area contributed by atoms with Gasteiger partial charge in [-0.25, -0.2) is 0 Å². The minimum absolute atomic E-state index is 0.0291. The molecular formula is C63H80N8O16S. The number of carbonyl (C=O) groups excluding carboxylic acids is 6. The third-order valence-corrected chi connectivity index (χ3v) is 15.6. The Bertz CT molecular complexity index is 3260. The summed E-state index contributed by atoms with van der Waals surface area (Å²) in [6, 6.07) is 29.3. The maximum Gasteiger partial charge on any atom is 0.382 e. The van der Waals surface area contributed by atoms with Crippen LogP contribution in [0.3, 0.4) is 0 Å². The molecule has 0 bridgehead atoms. The van der Waals surface area contributed by atoms with Crippen molar-refractivity contribution in [3.05, 3.63) is 138 Å². The van der Waals surface area contributed by atoms with E-state index < -0.39 is 109 Å². The highest BCUT2D eigenvalue weighted by molar-refractivity contribution is 7.85. The topological polar surface area (TPSA) is 296 Å². The smallest absolute Gasteiger partial charge is 0.382 e. The van der Waals surface area contributed by atoms with Crippen molar-refractivity contribution >= 4 is 57.4 Å². The van der Waals surface area contributed by atoms with Crippen LogP contribution in [0.2, 0.25) is 0 Å². The monoisotopic (exact) mass is 1240 g/mol. The normalized spacial score (nSPS) is 16.4. The molecule has 1 aliphatic rings. The van der Waals surface area contributed by atoms with Gasteiger partial charge < -0.3 is 68.5 Å². The first-order valence-electron chi connectivity index (χ1n) is 28.8. The minimum Gasteiger partial charge on any atom is -0.497 e. The van der Waals surface area contributed by atoms with Gasteiger partial charge in [-0.2, -0.15) is 13.1 Å². The summed E-state index contributed by atoms with van der Waals surface area (Å²) in [5.41, 5.74) is 7.38. The number of nitrogens with one attached hydrogen (secondary N) is 2. The molecule has 6 amide bonds. The number of hydrogen-bond acceptors (Lipinski definition) is 16. The van der Waals surface area contributed by atoms with E-state index in [1.165, 1.54) is 89.2 Å². The SMILES string of the molecule is COc1ccc([C@H](C)N2CC(=O)N([C@@H](C)c3ccc(OS(=O)(=O)NCCCC[C@H](N)C(=O)O)cc3)CC(=O)N[C@H](C)C(=O)N(CCc3ccccc3Oc3ccccc3)CC(=O)N(c3cc(OC)cc(OC)c3)CC(=O)N(CCOC(C)C)CC2=O)cc1. The molecule has 1 heterocycles. The number of carbonyl (C=O) groups is 7. The van der Waals surface area contributed by atoms with E-state index in [9.17, 15) is 18.0 Å². The molecule has 0 unspecified atom stereocenters. The van der Waals surface area contributed by atoms with E-state index in [0.29, 0.717) is 40.4 Å². The van der Waals surface area contributed by atoms with Gasteiger partial charge in [0.05, 0.1) is 58.4 Å². The molecule has 24 nitrogen and oxygen atoms in total. The highest BCUT2D eigenvalue weighted by Gasteiger charge is 2.35. The summed E-state index contributed by atoms with van der Waals surface area (Å²) in [4.78, 5) is 108. The maximum atomic E-state index is 15.3. The van der Waals surface area contributed by atoms with Gasteiger partial charge in [-0.3, -0.25) is 33.6 Å². The van der Waals surface area contributed by atoms with E-state index in [1.54, 1.807) is 68.4 Å². The van der Waals surface area contributed by atoms with Gasteiger partial charge in [-0.05, 0) is 113 Å². The lowest BCUT2D eigenvalue weighted by molar-refractivity contribution is -0.148. The number of amides is 6. The van der Waals surface area contributed by atoms with Crippen LogP contribution in [0.5, 0.6) is 34.5 Å². The summed E-state index contributed by atoms with van der Waals surface area (Å²) >= 11 is 0. The molecule has 25 heteroatoms. The van der Waals surface area contributed by atoms with E-state index in [1.807, 2.05) is 44.2 Å². The highest BCUT2D eigenvalue weighted by atomic mass is 32.2. The van der Waals surface area contributed by atoms with Crippen molar-refractivity contribution in [3.63, 3.8) is 0 Å². The van der Waals surface area contributed by atoms with Gasteiger partial charge in [0.15, 0.2) is 0 Å². The van der Waals surface area contributed by atoms with Gasteiger partial charge in [-0.1, -0.05) is 67.1 Å². The number of hydrogen-bond donors (Lipinski definition) is 4. The van der Waals surface area contributed by atoms with Crippen molar-refractivity contribution in [2.24, 2.45) is 5.73 Å². The Morgan fingerprint density at radius 3 is 1.82 bits per heavy atom. The quantitative estimate of drug-likeness (QED) is 0.0486. The molecule has 0 spiro atoms. The first-order valence-corrected chi connectivity index (χ1v) is 30.2. The van der Waals surface area contributed by atoms with Gasteiger partial charge in [0, 0.05) is 37.8 Å². The van der Waals surface area contributed by atoms with Crippen molar-refractivity contribution < 1.29 is 75.0 Å². The number of para-hydroxylation sites is 2. The molecule has 1 saturated heterocycles. The number of carboxylic acids is 1. The van der Waals surface area contributed by atoms with Crippen molar-refractivity contribution in [2.75, 3.05) is 85.2 Å². The van der Waals surface area contributed by atoms with Crippen LogP contribution in [-0.2, 0) is 55.0 Å². The van der Waals surface area contributed by atoms with Crippen LogP contribution >= 0.6 is 0 Å². The van der Waals surface area contributed by atoms with E-state index in [2.05, 4.69) is 10.0 Å². The molecule has 5 N–H and O–H groups in total. The second-order valence-corrected chi connectivity index (χ2v) is 22.6. The average Bonchev–Trinajstić information content (AvgIpc) is 2.71. The number of anilines is 1. The minimum atomic E-state index is -4.35. The molecule has 4 atom stereocenters. The Morgan fingerprint density at radius 2 is 1.22 bits per heavy atom. The number of carboxylic acid groups (broad SMARTS) is 1. The zero-order chi connectivity index (χ0) is 64.1.